The van der Waals surface area contributed by atoms with Crippen LogP contribution in [0.25, 0.3) is 0 Å². The minimum Gasteiger partial charge on any atom is -0.0776 e. The average Bonchev–Trinajstić information content (AvgIpc) is 2.23. The first kappa shape index (κ1) is 30.7. The van der Waals surface area contributed by atoms with Crippen LogP contribution in [0.1, 0.15) is 132 Å². The smallest absolute Gasteiger partial charge is 0.0249 e. The van der Waals surface area contributed by atoms with Crippen LogP contribution in [-0.2, 0) is 0 Å². The van der Waals surface area contributed by atoms with Gasteiger partial charge < -0.3 is 0 Å². The van der Waals surface area contributed by atoms with Crippen molar-refractivity contribution in [2.45, 2.75) is 132 Å². The van der Waals surface area contributed by atoms with Crippen molar-refractivity contribution >= 4 is 0 Å². The van der Waals surface area contributed by atoms with Crippen molar-refractivity contribution in [1.82, 2.24) is 0 Å². The molecule has 0 heterocycles. The molecule has 0 bridgehead atoms. The third-order valence-electron chi connectivity index (χ3n) is 9.06. The van der Waals surface area contributed by atoms with E-state index >= 15 is 0 Å². The lowest BCUT2D eigenvalue weighted by molar-refractivity contribution is -0.0790. The standard InChI is InChI=1S/C14H30.C11H24.CH4/c1-11(2,3)13(7,8)14(9,10)12(4,5)6;1-9(2,3)11(7,8)10(4,5)6;/h1-10H3;1-8H3;1H4. The van der Waals surface area contributed by atoms with Crippen LogP contribution in [0.15, 0.2) is 0 Å². The number of hydrogen-bond acceptors (Lipinski definition) is 0. The highest BCUT2D eigenvalue weighted by Crippen LogP contribution is 2.58. The molecular formula is C26H58. The zero-order valence-electron chi connectivity index (χ0n) is 21.5. The number of rotatable bonds is 1. The lowest BCUT2D eigenvalue weighted by Crippen LogP contribution is -2.49. The predicted octanol–water partition coefficient (Wildman–Crippen LogP) is 9.87. The van der Waals surface area contributed by atoms with E-state index in [9.17, 15) is 0 Å². The summed E-state index contributed by atoms with van der Waals surface area (Å²) in [7, 11) is 0. The molecule has 0 aliphatic heterocycles. The normalized spacial score (nSPS) is 15.0. The Bertz CT molecular complexity index is 363. The van der Waals surface area contributed by atoms with Crippen LogP contribution < -0.4 is 0 Å². The quantitative estimate of drug-likeness (QED) is 0.430. The summed E-state index contributed by atoms with van der Waals surface area (Å²) in [6.07, 6.45) is 0. The molecule has 0 unspecified atom stereocenters. The van der Waals surface area contributed by atoms with Crippen molar-refractivity contribution in [3.63, 3.8) is 0 Å². The fraction of sp³-hybridized carbons (Fsp3) is 1.00. The third kappa shape index (κ3) is 6.27. The second-order valence-corrected chi connectivity index (χ2v) is 13.9. The van der Waals surface area contributed by atoms with E-state index in [0.29, 0.717) is 37.9 Å². The van der Waals surface area contributed by atoms with Crippen LogP contribution in [-0.4, -0.2) is 0 Å². The second-order valence-electron chi connectivity index (χ2n) is 13.9. The van der Waals surface area contributed by atoms with Gasteiger partial charge in [0.25, 0.3) is 0 Å². The molecule has 0 N–H and O–H groups in total. The lowest BCUT2D eigenvalue weighted by atomic mass is 9.48. The molecule has 26 heavy (non-hydrogen) atoms. The monoisotopic (exact) mass is 370 g/mol. The summed E-state index contributed by atoms with van der Waals surface area (Å²) in [6.45, 7) is 42.3. The van der Waals surface area contributed by atoms with Gasteiger partial charge in [-0.3, -0.25) is 0 Å². The van der Waals surface area contributed by atoms with E-state index in [2.05, 4.69) is 125 Å². The van der Waals surface area contributed by atoms with Crippen molar-refractivity contribution < 1.29 is 0 Å². The minimum absolute atomic E-state index is 0. The highest BCUT2D eigenvalue weighted by molar-refractivity contribution is 4.99. The fourth-order valence-corrected chi connectivity index (χ4v) is 3.00. The van der Waals surface area contributed by atoms with Crippen LogP contribution in [0.3, 0.4) is 0 Å². The van der Waals surface area contributed by atoms with E-state index in [0.717, 1.165) is 0 Å². The van der Waals surface area contributed by atoms with Crippen LogP contribution >= 0.6 is 0 Å². The first-order valence-electron chi connectivity index (χ1n) is 10.2. The summed E-state index contributed by atoms with van der Waals surface area (Å²) in [5.41, 5.74) is 2.44. The van der Waals surface area contributed by atoms with Crippen LogP contribution in [0.2, 0.25) is 0 Å². The maximum atomic E-state index is 2.40. The van der Waals surface area contributed by atoms with E-state index in [-0.39, 0.29) is 7.43 Å². The van der Waals surface area contributed by atoms with E-state index in [4.69, 9.17) is 0 Å². The molecular weight excluding hydrogens is 312 g/mol. The molecule has 0 atom stereocenters. The summed E-state index contributed by atoms with van der Waals surface area (Å²) < 4.78 is 0. The van der Waals surface area contributed by atoms with Gasteiger partial charge in [0.05, 0.1) is 0 Å². The molecule has 0 radical (unpaired) electrons. The Labute approximate surface area is 170 Å². The van der Waals surface area contributed by atoms with Gasteiger partial charge in [-0.05, 0) is 37.9 Å². The van der Waals surface area contributed by atoms with E-state index in [1.54, 1.807) is 0 Å². The second kappa shape index (κ2) is 8.16. The van der Waals surface area contributed by atoms with Gasteiger partial charge in [-0.2, -0.15) is 0 Å². The molecule has 0 saturated carbocycles. The van der Waals surface area contributed by atoms with Crippen molar-refractivity contribution in [3.05, 3.63) is 0 Å². The van der Waals surface area contributed by atoms with Gasteiger partial charge in [0.1, 0.15) is 0 Å². The summed E-state index contributed by atoms with van der Waals surface area (Å²) in [4.78, 5) is 0. The summed E-state index contributed by atoms with van der Waals surface area (Å²) in [5, 5.41) is 0. The Hall–Kier alpha value is 0. The van der Waals surface area contributed by atoms with Gasteiger partial charge in [0.15, 0.2) is 0 Å². The summed E-state index contributed by atoms with van der Waals surface area (Å²) in [6, 6.07) is 0. The topological polar surface area (TPSA) is 0 Å². The van der Waals surface area contributed by atoms with E-state index in [1.807, 2.05) is 0 Å². The zero-order chi connectivity index (χ0) is 21.5. The molecule has 0 aliphatic rings. The SMILES string of the molecule is C.CC(C)(C)C(C)(C)C(C)(C)C.CC(C)(C)C(C)(C)C(C)(C)C(C)(C)C. The minimum atomic E-state index is 0. The number of hydrogen-bond donors (Lipinski definition) is 0. The maximum absolute atomic E-state index is 2.40. The molecule has 162 valence electrons. The molecule has 0 aromatic heterocycles. The van der Waals surface area contributed by atoms with Gasteiger partial charge in [-0.1, -0.05) is 132 Å². The Morgan fingerprint density at radius 2 is 0.346 bits per heavy atom. The zero-order valence-corrected chi connectivity index (χ0v) is 21.5. The fourth-order valence-electron chi connectivity index (χ4n) is 3.00. The molecule has 0 aromatic carbocycles. The Kier molecular flexibility index (Phi) is 9.64. The van der Waals surface area contributed by atoms with Gasteiger partial charge in [-0.25, -0.2) is 0 Å². The summed E-state index contributed by atoms with van der Waals surface area (Å²) in [5.74, 6) is 0. The van der Waals surface area contributed by atoms with Crippen LogP contribution in [0.5, 0.6) is 0 Å². The van der Waals surface area contributed by atoms with Crippen molar-refractivity contribution in [3.8, 4) is 0 Å². The highest BCUT2D eigenvalue weighted by Gasteiger charge is 2.50. The molecule has 0 amide bonds. The maximum Gasteiger partial charge on any atom is -0.0249 e. The third-order valence-corrected chi connectivity index (χ3v) is 9.06. The molecule has 0 aliphatic carbocycles. The van der Waals surface area contributed by atoms with Gasteiger partial charge >= 0.3 is 0 Å². The van der Waals surface area contributed by atoms with E-state index < -0.39 is 0 Å². The molecule has 0 nitrogen and oxygen atoms in total. The first-order valence-corrected chi connectivity index (χ1v) is 10.2. The van der Waals surface area contributed by atoms with Gasteiger partial charge in [0.2, 0.25) is 0 Å². The van der Waals surface area contributed by atoms with Crippen LogP contribution in [0.4, 0.5) is 0 Å². The van der Waals surface area contributed by atoms with Crippen molar-refractivity contribution in [1.29, 1.82) is 0 Å². The Morgan fingerprint density at radius 1 is 0.231 bits per heavy atom. The largest absolute Gasteiger partial charge is 0.0776 e. The molecule has 0 saturated heterocycles. The van der Waals surface area contributed by atoms with Gasteiger partial charge in [-0.15, -0.1) is 0 Å². The van der Waals surface area contributed by atoms with Gasteiger partial charge in [0, 0.05) is 0 Å². The highest BCUT2D eigenvalue weighted by atomic mass is 14.6. The lowest BCUT2D eigenvalue weighted by Gasteiger charge is -2.57. The predicted molar refractivity (Wildman–Crippen MR) is 126 cm³/mol. The van der Waals surface area contributed by atoms with Crippen LogP contribution in [0, 0.1) is 37.9 Å². The molecule has 0 spiro atoms. The Balaban J connectivity index is -0.000000402. The molecule has 0 heteroatoms. The summed E-state index contributed by atoms with van der Waals surface area (Å²) >= 11 is 0. The molecule has 0 rings (SSSR count). The van der Waals surface area contributed by atoms with Crippen molar-refractivity contribution in [2.24, 2.45) is 37.9 Å². The first-order chi connectivity index (χ1) is 10.2. The molecule has 0 fully saturated rings. The van der Waals surface area contributed by atoms with Crippen molar-refractivity contribution in [2.75, 3.05) is 0 Å². The van der Waals surface area contributed by atoms with E-state index in [1.165, 1.54) is 0 Å². The molecule has 0 aromatic rings. The average molecular weight is 371 g/mol. The Morgan fingerprint density at radius 3 is 0.385 bits per heavy atom.